The van der Waals surface area contributed by atoms with Gasteiger partial charge in [0.05, 0.1) is 0 Å². The van der Waals surface area contributed by atoms with Crippen LogP contribution in [0.15, 0.2) is 40.7 Å². The Balaban J connectivity index is 2.20. The van der Waals surface area contributed by atoms with Crippen LogP contribution in [0.3, 0.4) is 0 Å². The highest BCUT2D eigenvalue weighted by Gasteiger charge is 2.18. The molecular weight excluding hydrogens is 270 g/mol. The summed E-state index contributed by atoms with van der Waals surface area (Å²) in [5.41, 5.74) is 0. The van der Waals surface area contributed by atoms with Crippen molar-refractivity contribution >= 4 is 27.2 Å². The van der Waals surface area contributed by atoms with E-state index < -0.39 is 10.0 Å². The van der Waals surface area contributed by atoms with E-state index in [9.17, 15) is 8.42 Å². The molecule has 2 aromatic rings. The van der Waals surface area contributed by atoms with Gasteiger partial charge in [-0.3, -0.25) is 0 Å². The number of nitrogens with one attached hydrogen (secondary N) is 2. The highest BCUT2D eigenvalue weighted by atomic mass is 32.2. The third kappa shape index (κ3) is 2.87. The van der Waals surface area contributed by atoms with E-state index in [1.54, 1.807) is 19.3 Å². The summed E-state index contributed by atoms with van der Waals surface area (Å²) in [6, 6.07) is 6.89. The smallest absolute Gasteiger partial charge is 0.244 e. The topological polar surface area (TPSA) is 71.1 Å². The van der Waals surface area contributed by atoms with Gasteiger partial charge < -0.3 is 5.32 Å². The average Bonchev–Trinajstić information content (AvgIpc) is 2.89. The Morgan fingerprint density at radius 2 is 2.17 bits per heavy atom. The third-order valence-electron chi connectivity index (χ3n) is 2.31. The Kier molecular flexibility index (Phi) is 3.95. The molecular formula is C11H13N3O2S2. The van der Waals surface area contributed by atoms with E-state index in [2.05, 4.69) is 15.0 Å². The molecule has 0 radical (unpaired) electrons. The lowest BCUT2D eigenvalue weighted by Crippen LogP contribution is -2.24. The summed E-state index contributed by atoms with van der Waals surface area (Å²) in [6.45, 7) is 0.290. The van der Waals surface area contributed by atoms with Gasteiger partial charge in [-0.15, -0.1) is 11.3 Å². The quantitative estimate of drug-likeness (QED) is 0.875. The maximum atomic E-state index is 12.1. The molecule has 0 fully saturated rings. The van der Waals surface area contributed by atoms with Crippen molar-refractivity contribution in [1.29, 1.82) is 0 Å². The molecule has 5 nitrogen and oxygen atoms in total. The van der Waals surface area contributed by atoms with E-state index >= 15 is 0 Å². The fourth-order valence-electron chi connectivity index (χ4n) is 1.45. The number of pyridine rings is 1. The van der Waals surface area contributed by atoms with Crippen LogP contribution >= 0.6 is 11.3 Å². The van der Waals surface area contributed by atoms with Crippen molar-refractivity contribution in [3.8, 4) is 0 Å². The van der Waals surface area contributed by atoms with Gasteiger partial charge in [0.2, 0.25) is 10.0 Å². The van der Waals surface area contributed by atoms with E-state index in [1.165, 1.54) is 17.4 Å². The minimum atomic E-state index is -3.55. The summed E-state index contributed by atoms with van der Waals surface area (Å²) >= 11 is 1.51. The standard InChI is InChI=1S/C11H13N3O2S2/c1-12-11-10(5-2-6-13-11)18(15,16)14-8-9-4-3-7-17-9/h2-7,14H,8H2,1H3,(H,12,13). The molecule has 18 heavy (non-hydrogen) atoms. The first-order valence-electron chi connectivity index (χ1n) is 5.28. The fraction of sp³-hybridized carbons (Fsp3) is 0.182. The summed E-state index contributed by atoms with van der Waals surface area (Å²) in [5.74, 6) is 0.344. The molecule has 0 saturated heterocycles. The second-order valence-corrected chi connectivity index (χ2v) is 6.27. The first kappa shape index (κ1) is 13.0. The third-order valence-corrected chi connectivity index (χ3v) is 4.62. The monoisotopic (exact) mass is 283 g/mol. The molecule has 96 valence electrons. The minimum Gasteiger partial charge on any atom is -0.372 e. The van der Waals surface area contributed by atoms with Crippen LogP contribution in [0.25, 0.3) is 0 Å². The summed E-state index contributed by atoms with van der Waals surface area (Å²) in [5, 5.41) is 4.68. The molecule has 0 aromatic carbocycles. The Morgan fingerprint density at radius 1 is 1.33 bits per heavy atom. The normalized spacial score (nSPS) is 11.4. The molecule has 0 aliphatic rings. The molecule has 0 aliphatic heterocycles. The number of aromatic nitrogens is 1. The molecule has 0 atom stereocenters. The zero-order valence-corrected chi connectivity index (χ0v) is 11.4. The SMILES string of the molecule is CNc1ncccc1S(=O)(=O)NCc1cccs1. The van der Waals surface area contributed by atoms with Crippen molar-refractivity contribution in [2.75, 3.05) is 12.4 Å². The Labute approximate surface area is 110 Å². The van der Waals surface area contributed by atoms with E-state index in [1.807, 2.05) is 17.5 Å². The molecule has 0 spiro atoms. The number of sulfonamides is 1. The van der Waals surface area contributed by atoms with Crippen molar-refractivity contribution in [1.82, 2.24) is 9.71 Å². The average molecular weight is 283 g/mol. The largest absolute Gasteiger partial charge is 0.372 e. The summed E-state index contributed by atoms with van der Waals surface area (Å²) in [7, 11) is -1.91. The van der Waals surface area contributed by atoms with E-state index in [0.717, 1.165) is 4.88 Å². The number of rotatable bonds is 5. The van der Waals surface area contributed by atoms with Crippen molar-refractivity contribution in [3.05, 3.63) is 40.7 Å². The molecule has 0 amide bonds. The number of nitrogens with zero attached hydrogens (tertiary/aromatic N) is 1. The lowest BCUT2D eigenvalue weighted by atomic mass is 10.5. The molecule has 7 heteroatoms. The van der Waals surface area contributed by atoms with Gasteiger partial charge in [-0.1, -0.05) is 6.07 Å². The van der Waals surface area contributed by atoms with Crippen LogP contribution < -0.4 is 10.0 Å². The van der Waals surface area contributed by atoms with E-state index in [4.69, 9.17) is 0 Å². The first-order valence-corrected chi connectivity index (χ1v) is 7.64. The van der Waals surface area contributed by atoms with E-state index in [-0.39, 0.29) is 11.4 Å². The maximum absolute atomic E-state index is 12.1. The van der Waals surface area contributed by atoms with E-state index in [0.29, 0.717) is 5.82 Å². The van der Waals surface area contributed by atoms with Crippen molar-refractivity contribution < 1.29 is 8.42 Å². The lowest BCUT2D eigenvalue weighted by molar-refractivity contribution is 0.582. The van der Waals surface area contributed by atoms with Crippen molar-refractivity contribution in [2.45, 2.75) is 11.4 Å². The molecule has 0 saturated carbocycles. The van der Waals surface area contributed by atoms with Gasteiger partial charge in [-0.2, -0.15) is 0 Å². The Bertz CT molecular complexity index is 609. The van der Waals surface area contributed by atoms with Gasteiger partial charge in [0.1, 0.15) is 10.7 Å². The summed E-state index contributed by atoms with van der Waals surface area (Å²) in [4.78, 5) is 5.10. The number of thiophene rings is 1. The summed E-state index contributed by atoms with van der Waals surface area (Å²) in [6.07, 6.45) is 1.55. The molecule has 0 unspecified atom stereocenters. The number of hydrogen-bond donors (Lipinski definition) is 2. The summed E-state index contributed by atoms with van der Waals surface area (Å²) < 4.78 is 26.8. The van der Waals surface area contributed by atoms with Gasteiger partial charge in [0, 0.05) is 24.7 Å². The fourth-order valence-corrected chi connectivity index (χ4v) is 3.36. The van der Waals surface area contributed by atoms with Gasteiger partial charge in [-0.25, -0.2) is 18.1 Å². The molecule has 2 aromatic heterocycles. The predicted molar refractivity (Wildman–Crippen MR) is 72.1 cm³/mol. The second-order valence-electron chi connectivity index (χ2n) is 3.50. The highest BCUT2D eigenvalue weighted by Crippen LogP contribution is 2.18. The minimum absolute atomic E-state index is 0.157. The Hall–Kier alpha value is -1.44. The van der Waals surface area contributed by atoms with Gasteiger partial charge in [0.15, 0.2) is 0 Å². The lowest BCUT2D eigenvalue weighted by Gasteiger charge is -2.09. The van der Waals surface area contributed by atoms with Crippen LogP contribution in [0.5, 0.6) is 0 Å². The van der Waals surface area contributed by atoms with Crippen LogP contribution in [0.1, 0.15) is 4.88 Å². The van der Waals surface area contributed by atoms with Crippen LogP contribution in [-0.4, -0.2) is 20.4 Å². The zero-order valence-electron chi connectivity index (χ0n) is 9.75. The number of anilines is 1. The van der Waals surface area contributed by atoms with Crippen LogP contribution in [0.4, 0.5) is 5.82 Å². The van der Waals surface area contributed by atoms with Crippen LogP contribution in [0, 0.1) is 0 Å². The van der Waals surface area contributed by atoms with Crippen LogP contribution in [0.2, 0.25) is 0 Å². The highest BCUT2D eigenvalue weighted by molar-refractivity contribution is 7.89. The van der Waals surface area contributed by atoms with Crippen molar-refractivity contribution in [3.63, 3.8) is 0 Å². The van der Waals surface area contributed by atoms with Gasteiger partial charge >= 0.3 is 0 Å². The zero-order chi connectivity index (χ0) is 13.0. The first-order chi connectivity index (χ1) is 8.63. The van der Waals surface area contributed by atoms with Crippen molar-refractivity contribution in [2.24, 2.45) is 0 Å². The van der Waals surface area contributed by atoms with Gasteiger partial charge in [-0.05, 0) is 23.6 Å². The molecule has 0 aliphatic carbocycles. The second kappa shape index (κ2) is 5.47. The maximum Gasteiger partial charge on any atom is 0.244 e. The predicted octanol–water partition coefficient (Wildman–Crippen LogP) is 1.66. The number of hydrogen-bond acceptors (Lipinski definition) is 5. The van der Waals surface area contributed by atoms with Gasteiger partial charge in [0.25, 0.3) is 0 Å². The molecule has 2 N–H and O–H groups in total. The molecule has 0 bridgehead atoms. The molecule has 2 heterocycles. The molecule has 2 rings (SSSR count). The Morgan fingerprint density at radius 3 is 2.83 bits per heavy atom. The van der Waals surface area contributed by atoms with Crippen LogP contribution in [-0.2, 0) is 16.6 Å².